The lowest BCUT2D eigenvalue weighted by atomic mass is 10.2. The van der Waals surface area contributed by atoms with Gasteiger partial charge in [0.25, 0.3) is 5.69 Å². The zero-order valence-electron chi connectivity index (χ0n) is 10.6. The van der Waals surface area contributed by atoms with E-state index in [9.17, 15) is 10.1 Å². The third-order valence-corrected chi connectivity index (χ3v) is 3.34. The van der Waals surface area contributed by atoms with Crippen LogP contribution in [0.4, 0.5) is 5.69 Å². The largest absolute Gasteiger partial charge is 0.326 e. The Hall–Kier alpha value is -1.92. The van der Waals surface area contributed by atoms with Crippen molar-refractivity contribution in [1.29, 1.82) is 0 Å². The molecule has 0 atom stereocenters. The van der Waals surface area contributed by atoms with Crippen molar-refractivity contribution in [1.82, 2.24) is 9.78 Å². The molecule has 0 aliphatic heterocycles. The second kappa shape index (κ2) is 4.99. The molecule has 0 saturated carbocycles. The van der Waals surface area contributed by atoms with Gasteiger partial charge < -0.3 is 5.73 Å². The van der Waals surface area contributed by atoms with Crippen molar-refractivity contribution in [2.45, 2.75) is 20.4 Å². The SMILES string of the molecule is Cc1nn(-c2ccc(Cl)c([N+](=O)[O-])c2)c(C)c1CN. The summed E-state index contributed by atoms with van der Waals surface area (Å²) < 4.78 is 1.64. The molecule has 1 aromatic carbocycles. The summed E-state index contributed by atoms with van der Waals surface area (Å²) in [6.45, 7) is 4.12. The van der Waals surface area contributed by atoms with E-state index < -0.39 is 4.92 Å². The average molecular weight is 281 g/mol. The van der Waals surface area contributed by atoms with Crippen LogP contribution in [0.2, 0.25) is 5.02 Å². The van der Waals surface area contributed by atoms with E-state index in [1.807, 2.05) is 13.8 Å². The second-order valence-corrected chi connectivity index (χ2v) is 4.57. The topological polar surface area (TPSA) is 87.0 Å². The number of nitrogens with two attached hydrogens (primary N) is 1. The highest BCUT2D eigenvalue weighted by Crippen LogP contribution is 2.27. The molecule has 2 N–H and O–H groups in total. The van der Waals surface area contributed by atoms with E-state index in [1.54, 1.807) is 10.7 Å². The normalized spacial score (nSPS) is 10.7. The lowest BCUT2D eigenvalue weighted by molar-refractivity contribution is -0.384. The average Bonchev–Trinajstić information content (AvgIpc) is 2.64. The first-order valence-electron chi connectivity index (χ1n) is 5.65. The van der Waals surface area contributed by atoms with Crippen LogP contribution in [-0.4, -0.2) is 14.7 Å². The van der Waals surface area contributed by atoms with E-state index >= 15 is 0 Å². The van der Waals surface area contributed by atoms with E-state index in [-0.39, 0.29) is 10.7 Å². The maximum Gasteiger partial charge on any atom is 0.290 e. The Morgan fingerprint density at radius 1 is 1.47 bits per heavy atom. The van der Waals surface area contributed by atoms with Crippen LogP contribution < -0.4 is 5.73 Å². The van der Waals surface area contributed by atoms with E-state index in [2.05, 4.69) is 5.10 Å². The van der Waals surface area contributed by atoms with E-state index in [4.69, 9.17) is 17.3 Å². The summed E-state index contributed by atoms with van der Waals surface area (Å²) in [5, 5.41) is 15.3. The first kappa shape index (κ1) is 13.5. The van der Waals surface area contributed by atoms with E-state index in [0.29, 0.717) is 12.2 Å². The van der Waals surface area contributed by atoms with Crippen molar-refractivity contribution < 1.29 is 4.92 Å². The van der Waals surface area contributed by atoms with Crippen molar-refractivity contribution in [2.24, 2.45) is 5.73 Å². The summed E-state index contributed by atoms with van der Waals surface area (Å²) in [4.78, 5) is 10.4. The summed E-state index contributed by atoms with van der Waals surface area (Å²) in [5.41, 5.74) is 8.75. The molecule has 0 fully saturated rings. The molecule has 7 heteroatoms. The van der Waals surface area contributed by atoms with Crippen LogP contribution in [0.25, 0.3) is 5.69 Å². The Balaban J connectivity index is 2.60. The molecule has 2 aromatic rings. The van der Waals surface area contributed by atoms with Crippen LogP contribution >= 0.6 is 11.6 Å². The molecule has 0 aliphatic rings. The molecule has 0 amide bonds. The molecular formula is C12H13ClN4O2. The molecule has 2 rings (SSSR count). The number of halogens is 1. The standard InChI is InChI=1S/C12H13ClN4O2/c1-7-10(6-14)8(2)16(15-7)9-3-4-11(13)12(5-9)17(18)19/h3-5H,6,14H2,1-2H3. The number of rotatable bonds is 3. The van der Waals surface area contributed by atoms with Gasteiger partial charge in [-0.15, -0.1) is 0 Å². The number of nitrogens with zero attached hydrogens (tertiary/aromatic N) is 3. The maximum absolute atomic E-state index is 10.9. The number of nitro groups is 1. The van der Waals surface area contributed by atoms with Crippen LogP contribution in [0.1, 0.15) is 17.0 Å². The van der Waals surface area contributed by atoms with Gasteiger partial charge in [0, 0.05) is 23.9 Å². The van der Waals surface area contributed by atoms with Gasteiger partial charge in [0.15, 0.2) is 0 Å². The number of aromatic nitrogens is 2. The Kier molecular flexibility index (Phi) is 3.55. The van der Waals surface area contributed by atoms with Gasteiger partial charge in [0.05, 0.1) is 16.3 Å². The van der Waals surface area contributed by atoms with Gasteiger partial charge >= 0.3 is 0 Å². The number of hydrogen-bond donors (Lipinski definition) is 1. The Morgan fingerprint density at radius 2 is 2.16 bits per heavy atom. The van der Waals surface area contributed by atoms with Gasteiger partial charge in [-0.3, -0.25) is 10.1 Å². The first-order chi connectivity index (χ1) is 8.95. The molecule has 0 bridgehead atoms. The smallest absolute Gasteiger partial charge is 0.290 e. The quantitative estimate of drug-likeness (QED) is 0.691. The predicted molar refractivity (Wildman–Crippen MR) is 72.6 cm³/mol. The van der Waals surface area contributed by atoms with Crippen LogP contribution in [0.3, 0.4) is 0 Å². The summed E-state index contributed by atoms with van der Waals surface area (Å²) in [5.74, 6) is 0. The number of benzene rings is 1. The van der Waals surface area contributed by atoms with Crippen molar-refractivity contribution in [3.8, 4) is 5.69 Å². The fourth-order valence-electron chi connectivity index (χ4n) is 1.99. The number of nitro benzene ring substituents is 1. The Morgan fingerprint density at radius 3 is 2.68 bits per heavy atom. The third kappa shape index (κ3) is 2.32. The Labute approximate surface area is 114 Å². The molecule has 0 radical (unpaired) electrons. The van der Waals surface area contributed by atoms with Crippen molar-refractivity contribution in [3.63, 3.8) is 0 Å². The van der Waals surface area contributed by atoms with Gasteiger partial charge in [0.2, 0.25) is 0 Å². The fraction of sp³-hybridized carbons (Fsp3) is 0.250. The molecule has 0 saturated heterocycles. The summed E-state index contributed by atoms with van der Waals surface area (Å²) in [6.07, 6.45) is 0. The van der Waals surface area contributed by atoms with Gasteiger partial charge in [-0.2, -0.15) is 5.10 Å². The van der Waals surface area contributed by atoms with Gasteiger partial charge in [-0.05, 0) is 26.0 Å². The lowest BCUT2D eigenvalue weighted by Crippen LogP contribution is -2.02. The van der Waals surface area contributed by atoms with Crippen LogP contribution in [0, 0.1) is 24.0 Å². The fourth-order valence-corrected chi connectivity index (χ4v) is 2.18. The minimum absolute atomic E-state index is 0.106. The molecule has 100 valence electrons. The molecule has 1 heterocycles. The Bertz CT molecular complexity index is 651. The summed E-state index contributed by atoms with van der Waals surface area (Å²) in [6, 6.07) is 4.59. The zero-order valence-corrected chi connectivity index (χ0v) is 11.3. The highest BCUT2D eigenvalue weighted by molar-refractivity contribution is 6.32. The predicted octanol–water partition coefficient (Wildman–Crippen LogP) is 2.51. The first-order valence-corrected chi connectivity index (χ1v) is 6.03. The van der Waals surface area contributed by atoms with Crippen LogP contribution in [-0.2, 0) is 6.54 Å². The molecule has 1 aromatic heterocycles. The van der Waals surface area contributed by atoms with Gasteiger partial charge in [-0.25, -0.2) is 4.68 Å². The second-order valence-electron chi connectivity index (χ2n) is 4.16. The van der Waals surface area contributed by atoms with Crippen molar-refractivity contribution in [3.05, 3.63) is 50.3 Å². The molecule has 6 nitrogen and oxygen atoms in total. The number of hydrogen-bond acceptors (Lipinski definition) is 4. The van der Waals surface area contributed by atoms with Crippen LogP contribution in [0.15, 0.2) is 18.2 Å². The number of aryl methyl sites for hydroxylation is 1. The van der Waals surface area contributed by atoms with Crippen molar-refractivity contribution in [2.75, 3.05) is 0 Å². The van der Waals surface area contributed by atoms with E-state index in [0.717, 1.165) is 17.0 Å². The third-order valence-electron chi connectivity index (χ3n) is 3.02. The summed E-state index contributed by atoms with van der Waals surface area (Å²) >= 11 is 5.79. The highest BCUT2D eigenvalue weighted by Gasteiger charge is 2.16. The molecule has 0 spiro atoms. The molecular weight excluding hydrogens is 268 g/mol. The highest BCUT2D eigenvalue weighted by atomic mass is 35.5. The minimum Gasteiger partial charge on any atom is -0.326 e. The summed E-state index contributed by atoms with van der Waals surface area (Å²) in [7, 11) is 0. The van der Waals surface area contributed by atoms with Crippen LogP contribution in [0.5, 0.6) is 0 Å². The van der Waals surface area contributed by atoms with Gasteiger partial charge in [0.1, 0.15) is 5.02 Å². The van der Waals surface area contributed by atoms with Crippen molar-refractivity contribution >= 4 is 17.3 Å². The van der Waals surface area contributed by atoms with E-state index in [1.165, 1.54) is 12.1 Å². The monoisotopic (exact) mass is 280 g/mol. The molecule has 0 aliphatic carbocycles. The minimum atomic E-state index is -0.513. The molecule has 19 heavy (non-hydrogen) atoms. The lowest BCUT2D eigenvalue weighted by Gasteiger charge is -2.05. The zero-order chi connectivity index (χ0) is 14.2. The molecule has 0 unspecified atom stereocenters. The maximum atomic E-state index is 10.9. The van der Waals surface area contributed by atoms with Gasteiger partial charge in [-0.1, -0.05) is 11.6 Å².